The summed E-state index contributed by atoms with van der Waals surface area (Å²) in [5.74, 6) is -1.84. The quantitative estimate of drug-likeness (QED) is 0.765. The van der Waals surface area contributed by atoms with Gasteiger partial charge in [-0.2, -0.15) is 0 Å². The van der Waals surface area contributed by atoms with Gasteiger partial charge in [0, 0.05) is 19.6 Å². The Kier molecular flexibility index (Phi) is 6.56. The molecule has 1 saturated heterocycles. The number of piperidine rings is 1. The van der Waals surface area contributed by atoms with E-state index in [0.717, 1.165) is 43.6 Å². The van der Waals surface area contributed by atoms with Crippen molar-refractivity contribution in [3.63, 3.8) is 0 Å². The van der Waals surface area contributed by atoms with Crippen LogP contribution in [0.2, 0.25) is 0 Å². The van der Waals surface area contributed by atoms with Gasteiger partial charge in [-0.05, 0) is 56.5 Å². The van der Waals surface area contributed by atoms with Gasteiger partial charge in [0.25, 0.3) is 5.91 Å². The summed E-state index contributed by atoms with van der Waals surface area (Å²) >= 11 is 0. The molecule has 1 aliphatic heterocycles. The van der Waals surface area contributed by atoms with Crippen molar-refractivity contribution in [1.29, 1.82) is 0 Å². The Morgan fingerprint density at radius 2 is 1.81 bits per heavy atom. The minimum atomic E-state index is -0.800. The Morgan fingerprint density at radius 3 is 2.48 bits per heavy atom. The molecule has 3 nitrogen and oxygen atoms in total. The normalized spacial score (nSPS) is 17.7. The first-order valence-corrected chi connectivity index (χ1v) is 9.50. The summed E-state index contributed by atoms with van der Waals surface area (Å²) in [7, 11) is 2.07. The van der Waals surface area contributed by atoms with Gasteiger partial charge in [-0.25, -0.2) is 8.78 Å². The molecule has 1 amide bonds. The van der Waals surface area contributed by atoms with E-state index in [2.05, 4.69) is 11.9 Å². The fraction of sp³-hybridized carbons (Fsp3) is 0.409. The molecule has 1 aliphatic rings. The van der Waals surface area contributed by atoms with E-state index in [1.165, 1.54) is 6.07 Å². The van der Waals surface area contributed by atoms with Gasteiger partial charge in [0.2, 0.25) is 0 Å². The lowest BCUT2D eigenvalue weighted by molar-refractivity contribution is 0.0683. The lowest BCUT2D eigenvalue weighted by atomic mass is 9.97. The van der Waals surface area contributed by atoms with Crippen LogP contribution in [0.4, 0.5) is 8.78 Å². The number of rotatable bonds is 6. The van der Waals surface area contributed by atoms with Gasteiger partial charge >= 0.3 is 0 Å². The maximum atomic E-state index is 14.2. The maximum absolute atomic E-state index is 14.2. The number of carbonyl (C=O) groups excluding carboxylic acids is 1. The molecule has 1 unspecified atom stereocenters. The van der Waals surface area contributed by atoms with E-state index >= 15 is 0 Å². The second kappa shape index (κ2) is 9.09. The molecule has 0 bridgehead atoms. The summed E-state index contributed by atoms with van der Waals surface area (Å²) in [5, 5.41) is 0. The van der Waals surface area contributed by atoms with Crippen LogP contribution in [0.3, 0.4) is 0 Å². The SMILES string of the molecule is CN1CCCC(CN(CCc2ccccc2)C(=O)c2c(F)cccc2F)C1. The van der Waals surface area contributed by atoms with E-state index < -0.39 is 23.1 Å². The van der Waals surface area contributed by atoms with Crippen molar-refractivity contribution >= 4 is 5.91 Å². The van der Waals surface area contributed by atoms with Gasteiger partial charge in [0.15, 0.2) is 0 Å². The number of amides is 1. The Labute approximate surface area is 159 Å². The highest BCUT2D eigenvalue weighted by molar-refractivity contribution is 5.94. The van der Waals surface area contributed by atoms with Crippen LogP contribution in [0.5, 0.6) is 0 Å². The predicted molar refractivity (Wildman–Crippen MR) is 103 cm³/mol. The summed E-state index contributed by atoms with van der Waals surface area (Å²) < 4.78 is 28.3. The first kappa shape index (κ1) is 19.5. The van der Waals surface area contributed by atoms with E-state index in [9.17, 15) is 13.6 Å². The van der Waals surface area contributed by atoms with Crippen molar-refractivity contribution in [2.75, 3.05) is 33.2 Å². The zero-order valence-corrected chi connectivity index (χ0v) is 15.7. The zero-order valence-electron chi connectivity index (χ0n) is 15.7. The van der Waals surface area contributed by atoms with E-state index in [-0.39, 0.29) is 0 Å². The fourth-order valence-electron chi connectivity index (χ4n) is 3.78. The molecule has 3 rings (SSSR count). The van der Waals surface area contributed by atoms with Crippen LogP contribution < -0.4 is 0 Å². The first-order valence-electron chi connectivity index (χ1n) is 9.50. The molecule has 0 radical (unpaired) electrons. The van der Waals surface area contributed by atoms with Gasteiger partial charge in [-0.1, -0.05) is 36.4 Å². The van der Waals surface area contributed by atoms with Crippen molar-refractivity contribution in [1.82, 2.24) is 9.80 Å². The van der Waals surface area contributed by atoms with Crippen LogP contribution in [0.1, 0.15) is 28.8 Å². The maximum Gasteiger partial charge on any atom is 0.259 e. The van der Waals surface area contributed by atoms with E-state index in [1.807, 2.05) is 30.3 Å². The minimum Gasteiger partial charge on any atom is -0.338 e. The predicted octanol–water partition coefficient (Wildman–Crippen LogP) is 3.99. The molecule has 2 aromatic rings. The second-order valence-electron chi connectivity index (χ2n) is 7.35. The molecule has 1 atom stereocenters. The molecule has 1 heterocycles. The molecule has 0 N–H and O–H groups in total. The number of hydrogen-bond acceptors (Lipinski definition) is 2. The topological polar surface area (TPSA) is 23.6 Å². The third-order valence-electron chi connectivity index (χ3n) is 5.18. The molecule has 0 spiro atoms. The number of halogens is 2. The van der Waals surface area contributed by atoms with E-state index in [1.54, 1.807) is 4.90 Å². The molecule has 2 aromatic carbocycles. The number of benzene rings is 2. The molecule has 27 heavy (non-hydrogen) atoms. The highest BCUT2D eigenvalue weighted by Crippen LogP contribution is 2.20. The van der Waals surface area contributed by atoms with Crippen LogP contribution in [0, 0.1) is 17.6 Å². The van der Waals surface area contributed by atoms with Crippen LogP contribution in [-0.2, 0) is 6.42 Å². The lowest BCUT2D eigenvalue weighted by Gasteiger charge is -2.34. The molecular formula is C22H26F2N2O. The van der Waals surface area contributed by atoms with Gasteiger partial charge in [0.1, 0.15) is 17.2 Å². The standard InChI is InChI=1S/C22H26F2N2O/c1-25-13-6-9-18(15-25)16-26(14-12-17-7-3-2-4-8-17)22(27)21-19(23)10-5-11-20(21)24/h2-5,7-8,10-11,18H,6,9,12-16H2,1H3. The van der Waals surface area contributed by atoms with E-state index in [4.69, 9.17) is 0 Å². The Balaban J connectivity index is 1.78. The van der Waals surface area contributed by atoms with Crippen molar-refractivity contribution in [2.45, 2.75) is 19.3 Å². The lowest BCUT2D eigenvalue weighted by Crippen LogP contribution is -2.43. The van der Waals surface area contributed by atoms with Gasteiger partial charge < -0.3 is 9.80 Å². The smallest absolute Gasteiger partial charge is 0.259 e. The Bertz CT molecular complexity index is 746. The molecule has 5 heteroatoms. The summed E-state index contributed by atoms with van der Waals surface area (Å²) in [6, 6.07) is 13.4. The summed E-state index contributed by atoms with van der Waals surface area (Å²) in [5.41, 5.74) is 0.653. The number of hydrogen-bond donors (Lipinski definition) is 0. The summed E-state index contributed by atoms with van der Waals surface area (Å²) in [6.45, 7) is 2.91. The molecular weight excluding hydrogens is 346 g/mol. The Hall–Kier alpha value is -2.27. The molecule has 144 valence electrons. The van der Waals surface area contributed by atoms with Crippen molar-refractivity contribution in [3.05, 3.63) is 71.3 Å². The van der Waals surface area contributed by atoms with Crippen molar-refractivity contribution in [3.8, 4) is 0 Å². The van der Waals surface area contributed by atoms with Crippen molar-refractivity contribution < 1.29 is 13.6 Å². The number of nitrogens with zero attached hydrogens (tertiary/aromatic N) is 2. The third kappa shape index (κ3) is 5.13. The molecule has 0 aliphatic carbocycles. The minimum absolute atomic E-state index is 0.318. The van der Waals surface area contributed by atoms with Crippen LogP contribution in [-0.4, -0.2) is 48.9 Å². The average molecular weight is 372 g/mol. The third-order valence-corrected chi connectivity index (χ3v) is 5.18. The fourth-order valence-corrected chi connectivity index (χ4v) is 3.78. The van der Waals surface area contributed by atoms with Crippen molar-refractivity contribution in [2.24, 2.45) is 5.92 Å². The summed E-state index contributed by atoms with van der Waals surface area (Å²) in [6.07, 6.45) is 2.76. The largest absolute Gasteiger partial charge is 0.338 e. The van der Waals surface area contributed by atoms with Crippen LogP contribution in [0.15, 0.2) is 48.5 Å². The highest BCUT2D eigenvalue weighted by Gasteiger charge is 2.27. The zero-order chi connectivity index (χ0) is 19.2. The average Bonchev–Trinajstić information content (AvgIpc) is 2.65. The van der Waals surface area contributed by atoms with Crippen LogP contribution in [0.25, 0.3) is 0 Å². The highest BCUT2D eigenvalue weighted by atomic mass is 19.1. The number of likely N-dealkylation sites (tertiary alicyclic amines) is 1. The molecule has 1 fully saturated rings. The van der Waals surface area contributed by atoms with Gasteiger partial charge in [0.05, 0.1) is 0 Å². The first-order chi connectivity index (χ1) is 13.0. The van der Waals surface area contributed by atoms with Crippen LogP contribution >= 0.6 is 0 Å². The van der Waals surface area contributed by atoms with E-state index in [0.29, 0.717) is 25.4 Å². The molecule has 0 aromatic heterocycles. The number of carbonyl (C=O) groups is 1. The summed E-state index contributed by atoms with van der Waals surface area (Å²) in [4.78, 5) is 16.9. The Morgan fingerprint density at radius 1 is 1.11 bits per heavy atom. The molecule has 0 saturated carbocycles. The monoisotopic (exact) mass is 372 g/mol. The second-order valence-corrected chi connectivity index (χ2v) is 7.35. The van der Waals surface area contributed by atoms with Gasteiger partial charge in [-0.3, -0.25) is 4.79 Å². The van der Waals surface area contributed by atoms with Gasteiger partial charge in [-0.15, -0.1) is 0 Å².